The second-order valence-corrected chi connectivity index (χ2v) is 10.8. The summed E-state index contributed by atoms with van der Waals surface area (Å²) in [6.45, 7) is 13.3. The number of unbranched alkanes of at least 4 members (excludes halogenated alkanes) is 2. The van der Waals surface area contributed by atoms with Gasteiger partial charge in [-0.15, -0.1) is 0 Å². The first-order valence-corrected chi connectivity index (χ1v) is 10.2. The predicted molar refractivity (Wildman–Crippen MR) is 85.8 cm³/mol. The summed E-state index contributed by atoms with van der Waals surface area (Å²) < 4.78 is 0. The monoisotopic (exact) mass is 256 g/mol. The van der Waals surface area contributed by atoms with Crippen LogP contribution in [-0.4, -0.2) is 8.07 Å². The molecule has 1 aromatic rings. The highest BCUT2D eigenvalue weighted by atomic mass is 28.3. The van der Waals surface area contributed by atoms with E-state index in [1.54, 1.807) is 0 Å². The van der Waals surface area contributed by atoms with E-state index in [9.17, 15) is 0 Å². The highest BCUT2D eigenvalue weighted by Gasteiger charge is 2.15. The SMILES string of the molecule is C=C(C#CCCCC)c1ccc([Si](C)(C)C)cc1. The Morgan fingerprint density at radius 1 is 1.17 bits per heavy atom. The summed E-state index contributed by atoms with van der Waals surface area (Å²) in [6.07, 6.45) is 3.35. The molecule has 0 bridgehead atoms. The molecule has 0 radical (unpaired) electrons. The molecule has 1 aromatic carbocycles. The van der Waals surface area contributed by atoms with Gasteiger partial charge in [0.15, 0.2) is 0 Å². The topological polar surface area (TPSA) is 0 Å². The van der Waals surface area contributed by atoms with Crippen molar-refractivity contribution in [2.24, 2.45) is 0 Å². The molecule has 0 spiro atoms. The van der Waals surface area contributed by atoms with Gasteiger partial charge in [-0.05, 0) is 12.0 Å². The van der Waals surface area contributed by atoms with Gasteiger partial charge in [0.2, 0.25) is 0 Å². The van der Waals surface area contributed by atoms with Crippen LogP contribution in [0.4, 0.5) is 0 Å². The van der Waals surface area contributed by atoms with Gasteiger partial charge in [0, 0.05) is 12.0 Å². The van der Waals surface area contributed by atoms with Gasteiger partial charge in [-0.25, -0.2) is 0 Å². The van der Waals surface area contributed by atoms with Crippen LogP contribution in [0.5, 0.6) is 0 Å². The van der Waals surface area contributed by atoms with E-state index < -0.39 is 8.07 Å². The zero-order valence-corrected chi connectivity index (χ0v) is 13.1. The maximum Gasteiger partial charge on any atom is 0.0775 e. The molecule has 0 aliphatic rings. The molecule has 0 aromatic heterocycles. The van der Waals surface area contributed by atoms with Gasteiger partial charge >= 0.3 is 0 Å². The second kappa shape index (κ2) is 6.61. The number of hydrogen-bond acceptors (Lipinski definition) is 0. The molecule has 0 aliphatic heterocycles. The molecule has 1 rings (SSSR count). The van der Waals surface area contributed by atoms with Gasteiger partial charge in [0.1, 0.15) is 0 Å². The highest BCUT2D eigenvalue weighted by Crippen LogP contribution is 2.11. The third-order valence-electron chi connectivity index (χ3n) is 2.99. The fraction of sp³-hybridized carbons (Fsp3) is 0.412. The van der Waals surface area contributed by atoms with Crippen LogP contribution in [0, 0.1) is 11.8 Å². The zero-order chi connectivity index (χ0) is 13.6. The minimum absolute atomic E-state index is 0.938. The van der Waals surface area contributed by atoms with Gasteiger partial charge in [-0.1, -0.05) is 80.9 Å². The van der Waals surface area contributed by atoms with Crippen LogP contribution in [0.25, 0.3) is 5.57 Å². The average Bonchev–Trinajstić information content (AvgIpc) is 2.33. The highest BCUT2D eigenvalue weighted by molar-refractivity contribution is 6.88. The summed E-state index contributed by atoms with van der Waals surface area (Å²) in [6, 6.07) is 8.79. The minimum Gasteiger partial charge on any atom is -0.0979 e. The fourth-order valence-electron chi connectivity index (χ4n) is 1.68. The van der Waals surface area contributed by atoms with Crippen LogP contribution in [0.3, 0.4) is 0 Å². The van der Waals surface area contributed by atoms with Crippen molar-refractivity contribution in [3.8, 4) is 11.8 Å². The molecule has 0 saturated heterocycles. The van der Waals surface area contributed by atoms with Crippen molar-refractivity contribution in [3.63, 3.8) is 0 Å². The first kappa shape index (κ1) is 14.8. The fourth-order valence-corrected chi connectivity index (χ4v) is 2.84. The van der Waals surface area contributed by atoms with E-state index in [2.05, 4.69) is 69.3 Å². The van der Waals surface area contributed by atoms with Crippen molar-refractivity contribution in [1.29, 1.82) is 0 Å². The first-order chi connectivity index (χ1) is 8.45. The summed E-state index contributed by atoms with van der Waals surface area (Å²) in [5.41, 5.74) is 2.09. The van der Waals surface area contributed by atoms with E-state index in [1.165, 1.54) is 18.0 Å². The zero-order valence-electron chi connectivity index (χ0n) is 12.1. The van der Waals surface area contributed by atoms with Crippen molar-refractivity contribution in [2.45, 2.75) is 45.8 Å². The first-order valence-electron chi connectivity index (χ1n) is 6.74. The van der Waals surface area contributed by atoms with Gasteiger partial charge in [0.05, 0.1) is 8.07 Å². The summed E-state index contributed by atoms with van der Waals surface area (Å²) in [5.74, 6) is 6.35. The Kier molecular flexibility index (Phi) is 5.43. The molecule has 18 heavy (non-hydrogen) atoms. The van der Waals surface area contributed by atoms with Crippen LogP contribution in [-0.2, 0) is 0 Å². The molecule has 96 valence electrons. The summed E-state index contributed by atoms with van der Waals surface area (Å²) in [5, 5.41) is 1.48. The van der Waals surface area contributed by atoms with Crippen LogP contribution in [0.15, 0.2) is 30.8 Å². The van der Waals surface area contributed by atoms with Crippen molar-refractivity contribution in [3.05, 3.63) is 36.4 Å². The van der Waals surface area contributed by atoms with Crippen molar-refractivity contribution >= 4 is 18.8 Å². The van der Waals surface area contributed by atoms with E-state index in [0.717, 1.165) is 17.6 Å². The van der Waals surface area contributed by atoms with E-state index >= 15 is 0 Å². The van der Waals surface area contributed by atoms with Crippen molar-refractivity contribution in [2.75, 3.05) is 0 Å². The van der Waals surface area contributed by atoms with Crippen molar-refractivity contribution < 1.29 is 0 Å². The molecule has 0 heterocycles. The Balaban J connectivity index is 2.73. The third kappa shape index (κ3) is 4.54. The van der Waals surface area contributed by atoms with Gasteiger partial charge in [0.25, 0.3) is 0 Å². The van der Waals surface area contributed by atoms with Gasteiger partial charge < -0.3 is 0 Å². The van der Waals surface area contributed by atoms with Crippen LogP contribution < -0.4 is 5.19 Å². The quantitative estimate of drug-likeness (QED) is 0.424. The summed E-state index contributed by atoms with van der Waals surface area (Å²) >= 11 is 0. The Labute approximate surface area is 113 Å². The van der Waals surface area contributed by atoms with Gasteiger partial charge in [-0.3, -0.25) is 0 Å². The molecule has 0 nitrogen and oxygen atoms in total. The van der Waals surface area contributed by atoms with Gasteiger partial charge in [-0.2, -0.15) is 0 Å². The Hall–Kier alpha value is -1.26. The lowest BCUT2D eigenvalue weighted by Crippen LogP contribution is -2.37. The number of hydrogen-bond donors (Lipinski definition) is 0. The van der Waals surface area contributed by atoms with Crippen molar-refractivity contribution in [1.82, 2.24) is 0 Å². The molecule has 0 unspecified atom stereocenters. The lowest BCUT2D eigenvalue weighted by molar-refractivity contribution is 0.828. The maximum atomic E-state index is 4.05. The van der Waals surface area contributed by atoms with E-state index in [1.807, 2.05) is 0 Å². The predicted octanol–water partition coefficient (Wildman–Crippen LogP) is 4.44. The number of allylic oxidation sites excluding steroid dienone is 1. The van der Waals surface area contributed by atoms with E-state index in [4.69, 9.17) is 0 Å². The largest absolute Gasteiger partial charge is 0.0979 e. The Morgan fingerprint density at radius 3 is 2.28 bits per heavy atom. The maximum absolute atomic E-state index is 4.05. The molecule has 0 aliphatic carbocycles. The molecular formula is C17H24Si. The standard InChI is InChI=1S/C17H24Si/c1-6-7-8-9-10-15(2)16-11-13-17(14-12-16)18(3,4)5/h11-14H,2,6-8H2,1,3-5H3. The smallest absolute Gasteiger partial charge is 0.0775 e. The molecule has 1 heteroatoms. The van der Waals surface area contributed by atoms with Crippen LogP contribution in [0.1, 0.15) is 31.7 Å². The average molecular weight is 256 g/mol. The van der Waals surface area contributed by atoms with Crippen LogP contribution in [0.2, 0.25) is 19.6 Å². The number of benzene rings is 1. The minimum atomic E-state index is -1.19. The summed E-state index contributed by atoms with van der Waals surface area (Å²) in [7, 11) is -1.19. The van der Waals surface area contributed by atoms with E-state index in [-0.39, 0.29) is 0 Å². The lowest BCUT2D eigenvalue weighted by atomic mass is 10.1. The molecule has 0 N–H and O–H groups in total. The molecule has 0 saturated carbocycles. The molecule has 0 atom stereocenters. The third-order valence-corrected chi connectivity index (χ3v) is 5.06. The summed E-state index contributed by atoms with van der Waals surface area (Å²) in [4.78, 5) is 0. The molecule has 0 fully saturated rings. The lowest BCUT2D eigenvalue weighted by Gasteiger charge is -2.16. The Bertz CT molecular complexity index is 449. The van der Waals surface area contributed by atoms with E-state index in [0.29, 0.717) is 0 Å². The number of rotatable bonds is 4. The molecular weight excluding hydrogens is 232 g/mol. The molecule has 0 amide bonds. The van der Waals surface area contributed by atoms with Crippen LogP contribution >= 0.6 is 0 Å². The Morgan fingerprint density at radius 2 is 1.78 bits per heavy atom. The second-order valence-electron chi connectivity index (χ2n) is 5.71. The normalized spacial score (nSPS) is 10.7.